The Kier molecular flexibility index (Phi) is 3.40. The van der Waals surface area contributed by atoms with Crippen molar-refractivity contribution in [1.82, 2.24) is 0 Å². The summed E-state index contributed by atoms with van der Waals surface area (Å²) >= 11 is 0. The molecule has 2 rings (SSSR count). The number of rotatable bonds is 8. The van der Waals surface area contributed by atoms with Gasteiger partial charge in [0.2, 0.25) is 0 Å². The zero-order valence-corrected chi connectivity index (χ0v) is 10.0. The maximum absolute atomic E-state index is 10.8. The van der Waals surface area contributed by atoms with E-state index in [1.165, 1.54) is 0 Å². The van der Waals surface area contributed by atoms with Crippen LogP contribution in [0.1, 0.15) is 51.4 Å². The lowest BCUT2D eigenvalue weighted by molar-refractivity contribution is -0.138. The standard InChI is InChI=1S/C13H20O4/c14-11(15)5-7-13(9-1-2-9,10-3-4-10)8-6-12(16)17/h9-10H,1-8H2,(H,14,15)(H,16,17). The Labute approximate surface area is 101 Å². The maximum atomic E-state index is 10.8. The molecular weight excluding hydrogens is 220 g/mol. The lowest BCUT2D eigenvalue weighted by Crippen LogP contribution is -2.28. The SMILES string of the molecule is O=C(O)CCC(CCC(=O)O)(C1CC1)C1CC1. The van der Waals surface area contributed by atoms with Gasteiger partial charge in [0, 0.05) is 12.8 Å². The number of hydrogen-bond donors (Lipinski definition) is 2. The van der Waals surface area contributed by atoms with Gasteiger partial charge in [-0.3, -0.25) is 9.59 Å². The van der Waals surface area contributed by atoms with E-state index >= 15 is 0 Å². The highest BCUT2D eigenvalue weighted by Gasteiger charge is 2.53. The van der Waals surface area contributed by atoms with E-state index in [1.807, 2.05) is 0 Å². The zero-order chi connectivity index (χ0) is 12.5. The molecule has 0 aromatic carbocycles. The predicted molar refractivity (Wildman–Crippen MR) is 61.6 cm³/mol. The smallest absolute Gasteiger partial charge is 0.303 e. The molecule has 0 atom stereocenters. The molecule has 17 heavy (non-hydrogen) atoms. The predicted octanol–water partition coefficient (Wildman–Crippen LogP) is 2.52. The van der Waals surface area contributed by atoms with E-state index in [4.69, 9.17) is 10.2 Å². The fraction of sp³-hybridized carbons (Fsp3) is 0.846. The van der Waals surface area contributed by atoms with Gasteiger partial charge in [-0.05, 0) is 55.8 Å². The van der Waals surface area contributed by atoms with Crippen molar-refractivity contribution in [3.63, 3.8) is 0 Å². The highest BCUT2D eigenvalue weighted by Crippen LogP contribution is 2.62. The normalized spacial score (nSPS) is 20.2. The molecule has 96 valence electrons. The highest BCUT2D eigenvalue weighted by molar-refractivity contribution is 5.67. The van der Waals surface area contributed by atoms with Crippen molar-refractivity contribution in [2.75, 3.05) is 0 Å². The largest absolute Gasteiger partial charge is 0.481 e. The number of carboxylic acids is 2. The lowest BCUT2D eigenvalue weighted by atomic mass is 9.70. The monoisotopic (exact) mass is 240 g/mol. The second kappa shape index (κ2) is 4.67. The van der Waals surface area contributed by atoms with Crippen molar-refractivity contribution in [3.8, 4) is 0 Å². The molecule has 0 unspecified atom stereocenters. The van der Waals surface area contributed by atoms with Gasteiger partial charge in [-0.1, -0.05) is 0 Å². The van der Waals surface area contributed by atoms with Crippen LogP contribution in [-0.4, -0.2) is 22.2 Å². The van der Waals surface area contributed by atoms with Gasteiger partial charge >= 0.3 is 11.9 Å². The van der Waals surface area contributed by atoms with E-state index < -0.39 is 11.9 Å². The fourth-order valence-electron chi connectivity index (χ4n) is 3.27. The first kappa shape index (κ1) is 12.4. The van der Waals surface area contributed by atoms with Crippen molar-refractivity contribution in [2.45, 2.75) is 51.4 Å². The lowest BCUT2D eigenvalue weighted by Gasteiger charge is -2.34. The molecule has 2 aliphatic carbocycles. The summed E-state index contributed by atoms with van der Waals surface area (Å²) < 4.78 is 0. The van der Waals surface area contributed by atoms with Crippen LogP contribution in [0.5, 0.6) is 0 Å². The van der Waals surface area contributed by atoms with Crippen molar-refractivity contribution in [1.29, 1.82) is 0 Å². The summed E-state index contributed by atoms with van der Waals surface area (Å²) in [5, 5.41) is 17.7. The van der Waals surface area contributed by atoms with Gasteiger partial charge in [0.25, 0.3) is 0 Å². The van der Waals surface area contributed by atoms with Gasteiger partial charge in [0.15, 0.2) is 0 Å². The molecule has 0 radical (unpaired) electrons. The molecule has 4 heteroatoms. The molecule has 0 aromatic heterocycles. The van der Waals surface area contributed by atoms with Crippen LogP contribution in [0.25, 0.3) is 0 Å². The number of hydrogen-bond acceptors (Lipinski definition) is 2. The Morgan fingerprint density at radius 1 is 0.882 bits per heavy atom. The zero-order valence-electron chi connectivity index (χ0n) is 10.0. The summed E-state index contributed by atoms with van der Waals surface area (Å²) in [5.41, 5.74) is 0.0246. The van der Waals surface area contributed by atoms with E-state index in [0.717, 1.165) is 25.7 Å². The Balaban J connectivity index is 2.02. The molecule has 0 spiro atoms. The summed E-state index contributed by atoms with van der Waals surface area (Å²) in [6, 6.07) is 0. The average molecular weight is 240 g/mol. The third-order valence-electron chi connectivity index (χ3n) is 4.39. The van der Waals surface area contributed by atoms with Crippen molar-refractivity contribution in [2.24, 2.45) is 17.3 Å². The Morgan fingerprint density at radius 3 is 1.47 bits per heavy atom. The van der Waals surface area contributed by atoms with E-state index in [9.17, 15) is 9.59 Å². The van der Waals surface area contributed by atoms with Crippen LogP contribution in [0.4, 0.5) is 0 Å². The van der Waals surface area contributed by atoms with Crippen LogP contribution in [-0.2, 0) is 9.59 Å². The van der Waals surface area contributed by atoms with Crippen molar-refractivity contribution >= 4 is 11.9 Å². The minimum Gasteiger partial charge on any atom is -0.481 e. The third-order valence-corrected chi connectivity index (χ3v) is 4.39. The van der Waals surface area contributed by atoms with Crippen molar-refractivity contribution < 1.29 is 19.8 Å². The molecule has 4 nitrogen and oxygen atoms in total. The van der Waals surface area contributed by atoms with Crippen LogP contribution in [0, 0.1) is 17.3 Å². The van der Waals surface area contributed by atoms with Gasteiger partial charge in [-0.25, -0.2) is 0 Å². The minimum atomic E-state index is -0.758. The molecule has 0 heterocycles. The molecule has 2 N–H and O–H groups in total. The molecule has 0 bridgehead atoms. The molecule has 0 saturated heterocycles. The number of aliphatic carboxylic acids is 2. The summed E-state index contributed by atoms with van der Waals surface area (Å²) in [4.78, 5) is 21.5. The first-order valence-corrected chi connectivity index (χ1v) is 6.48. The molecular formula is C13H20O4. The molecule has 0 amide bonds. The Bertz CT molecular complexity index is 283. The first-order chi connectivity index (χ1) is 8.04. The van der Waals surface area contributed by atoms with Gasteiger partial charge < -0.3 is 10.2 Å². The second-order valence-corrected chi connectivity index (χ2v) is 5.57. The Hall–Kier alpha value is -1.06. The summed E-state index contributed by atoms with van der Waals surface area (Å²) in [6.07, 6.45) is 6.37. The molecule has 0 aliphatic heterocycles. The fourth-order valence-corrected chi connectivity index (χ4v) is 3.27. The van der Waals surface area contributed by atoms with E-state index in [1.54, 1.807) is 0 Å². The summed E-state index contributed by atoms with van der Waals surface area (Å²) in [5.74, 6) is -0.334. The topological polar surface area (TPSA) is 74.6 Å². The van der Waals surface area contributed by atoms with Crippen molar-refractivity contribution in [3.05, 3.63) is 0 Å². The Morgan fingerprint density at radius 2 is 1.24 bits per heavy atom. The van der Waals surface area contributed by atoms with Gasteiger partial charge in [0.05, 0.1) is 0 Å². The van der Waals surface area contributed by atoms with E-state index in [0.29, 0.717) is 24.7 Å². The van der Waals surface area contributed by atoms with E-state index in [2.05, 4.69) is 0 Å². The molecule has 2 fully saturated rings. The van der Waals surface area contributed by atoms with Gasteiger partial charge in [-0.15, -0.1) is 0 Å². The number of carbonyl (C=O) groups is 2. The van der Waals surface area contributed by atoms with Gasteiger partial charge in [-0.2, -0.15) is 0 Å². The van der Waals surface area contributed by atoms with Crippen LogP contribution in [0.2, 0.25) is 0 Å². The second-order valence-electron chi connectivity index (χ2n) is 5.57. The highest BCUT2D eigenvalue weighted by atomic mass is 16.4. The average Bonchev–Trinajstić information content (AvgIpc) is 3.10. The third kappa shape index (κ3) is 2.99. The van der Waals surface area contributed by atoms with Crippen LogP contribution in [0.3, 0.4) is 0 Å². The van der Waals surface area contributed by atoms with Crippen LogP contribution >= 0.6 is 0 Å². The summed E-state index contributed by atoms with van der Waals surface area (Å²) in [6.45, 7) is 0. The van der Waals surface area contributed by atoms with E-state index in [-0.39, 0.29) is 18.3 Å². The van der Waals surface area contributed by atoms with Crippen LogP contribution < -0.4 is 0 Å². The quantitative estimate of drug-likeness (QED) is 0.683. The molecule has 2 saturated carbocycles. The van der Waals surface area contributed by atoms with Crippen LogP contribution in [0.15, 0.2) is 0 Å². The molecule has 0 aromatic rings. The van der Waals surface area contributed by atoms with Gasteiger partial charge in [0.1, 0.15) is 0 Å². The first-order valence-electron chi connectivity index (χ1n) is 6.48. The number of carboxylic acid groups (broad SMARTS) is 2. The summed E-state index contributed by atoms with van der Waals surface area (Å²) in [7, 11) is 0. The maximum Gasteiger partial charge on any atom is 0.303 e. The molecule has 2 aliphatic rings. The minimum absolute atomic E-state index is 0.0246.